The molecule has 1 N–H and O–H groups in total. The summed E-state index contributed by atoms with van der Waals surface area (Å²) in [5.41, 5.74) is 0.186. The van der Waals surface area contributed by atoms with Gasteiger partial charge in [0.1, 0.15) is 0 Å². The molecule has 7 heteroatoms. The van der Waals surface area contributed by atoms with Gasteiger partial charge in [0.15, 0.2) is 11.6 Å². The number of ether oxygens (including phenoxy) is 1. The predicted octanol–water partition coefficient (Wildman–Crippen LogP) is 1.05. The number of hydrogen-bond acceptors (Lipinski definition) is 4. The smallest absolute Gasteiger partial charge is 0.222 e. The number of aliphatic hydroxyl groups excluding tert-OH is 1. The van der Waals surface area contributed by atoms with E-state index in [1.165, 1.54) is 17.0 Å². The number of benzene rings is 1. The van der Waals surface area contributed by atoms with Crippen molar-refractivity contribution in [2.75, 3.05) is 46.4 Å². The van der Waals surface area contributed by atoms with Crippen LogP contribution >= 0.6 is 0 Å². The number of morpholine rings is 1. The van der Waals surface area contributed by atoms with Gasteiger partial charge >= 0.3 is 0 Å². The van der Waals surface area contributed by atoms with Crippen molar-refractivity contribution < 1.29 is 23.4 Å². The lowest BCUT2D eigenvalue weighted by Gasteiger charge is -2.30. The first-order valence-corrected chi connectivity index (χ1v) is 8.12. The van der Waals surface area contributed by atoms with Crippen molar-refractivity contribution in [3.8, 4) is 0 Å². The van der Waals surface area contributed by atoms with Crippen LogP contribution in [0.25, 0.3) is 0 Å². The molecule has 1 atom stereocenters. The summed E-state index contributed by atoms with van der Waals surface area (Å²) in [6.07, 6.45) is -0.448. The van der Waals surface area contributed by atoms with Crippen LogP contribution in [0.3, 0.4) is 0 Å². The summed E-state index contributed by atoms with van der Waals surface area (Å²) in [6, 6.07) is 3.95. The van der Waals surface area contributed by atoms with E-state index in [2.05, 4.69) is 4.90 Å². The van der Waals surface area contributed by atoms with Gasteiger partial charge in [-0.1, -0.05) is 12.1 Å². The first kappa shape index (κ1) is 18.8. The molecular formula is C17H24F2N2O3. The molecule has 0 saturated carbocycles. The highest BCUT2D eigenvalue weighted by Crippen LogP contribution is 2.13. The van der Waals surface area contributed by atoms with Gasteiger partial charge in [0.2, 0.25) is 5.91 Å². The second kappa shape index (κ2) is 9.05. The van der Waals surface area contributed by atoms with Crippen LogP contribution in [-0.4, -0.2) is 73.4 Å². The van der Waals surface area contributed by atoms with Gasteiger partial charge in [0.05, 0.1) is 19.3 Å². The Bertz CT molecular complexity index is 551. The van der Waals surface area contributed by atoms with E-state index in [4.69, 9.17) is 4.74 Å². The van der Waals surface area contributed by atoms with Crippen LogP contribution in [-0.2, 0) is 16.0 Å². The topological polar surface area (TPSA) is 53.0 Å². The summed E-state index contributed by atoms with van der Waals surface area (Å²) in [5.74, 6) is -2.02. The summed E-state index contributed by atoms with van der Waals surface area (Å²) < 4.78 is 32.0. The second-order valence-corrected chi connectivity index (χ2v) is 6.05. The van der Waals surface area contributed by atoms with E-state index in [-0.39, 0.29) is 30.9 Å². The fourth-order valence-corrected chi connectivity index (χ4v) is 2.73. The molecule has 134 valence electrons. The number of aliphatic hydroxyl groups is 1. The Labute approximate surface area is 140 Å². The van der Waals surface area contributed by atoms with Gasteiger partial charge in [0, 0.05) is 39.6 Å². The third-order valence-corrected chi connectivity index (χ3v) is 4.12. The number of aryl methyl sites for hydroxylation is 1. The number of hydrogen-bond donors (Lipinski definition) is 1. The summed E-state index contributed by atoms with van der Waals surface area (Å²) in [6.45, 7) is 3.55. The zero-order valence-corrected chi connectivity index (χ0v) is 13.9. The van der Waals surface area contributed by atoms with E-state index in [9.17, 15) is 18.7 Å². The van der Waals surface area contributed by atoms with Crippen LogP contribution in [0.5, 0.6) is 0 Å². The molecule has 1 amide bonds. The highest BCUT2D eigenvalue weighted by atomic mass is 19.2. The summed E-state index contributed by atoms with van der Waals surface area (Å²) in [7, 11) is 1.60. The van der Waals surface area contributed by atoms with E-state index < -0.39 is 17.7 Å². The van der Waals surface area contributed by atoms with Gasteiger partial charge in [0.25, 0.3) is 0 Å². The Balaban J connectivity index is 1.75. The van der Waals surface area contributed by atoms with E-state index in [0.29, 0.717) is 19.8 Å². The maximum Gasteiger partial charge on any atom is 0.222 e. The Kier molecular flexibility index (Phi) is 7.08. The van der Waals surface area contributed by atoms with Crippen LogP contribution < -0.4 is 0 Å². The number of halogens is 2. The Morgan fingerprint density at radius 2 is 2.08 bits per heavy atom. The van der Waals surface area contributed by atoms with Gasteiger partial charge in [-0.15, -0.1) is 0 Å². The van der Waals surface area contributed by atoms with Crippen LogP contribution in [0.1, 0.15) is 12.0 Å². The van der Waals surface area contributed by atoms with E-state index in [1.54, 1.807) is 7.05 Å². The number of rotatable bonds is 7. The standard InChI is InChI=1S/C17H24F2N2O3/c1-20(11-14(22)12-21-7-9-24-10-8-21)16(23)6-5-13-3-2-4-15(18)17(13)19/h2-4,14,22H,5-12H2,1H3. The highest BCUT2D eigenvalue weighted by Gasteiger charge is 2.19. The minimum atomic E-state index is -0.908. The van der Waals surface area contributed by atoms with Crippen molar-refractivity contribution in [3.05, 3.63) is 35.4 Å². The first-order valence-electron chi connectivity index (χ1n) is 8.12. The Morgan fingerprint density at radius 3 is 2.79 bits per heavy atom. The zero-order chi connectivity index (χ0) is 17.5. The normalized spacial score (nSPS) is 16.8. The highest BCUT2D eigenvalue weighted by molar-refractivity contribution is 5.76. The SMILES string of the molecule is CN(CC(O)CN1CCOCC1)C(=O)CCc1cccc(F)c1F. The fraction of sp³-hybridized carbons (Fsp3) is 0.588. The van der Waals surface area contributed by atoms with Crippen LogP contribution in [0.2, 0.25) is 0 Å². The molecule has 1 aromatic rings. The largest absolute Gasteiger partial charge is 0.390 e. The molecular weight excluding hydrogens is 318 g/mol. The zero-order valence-electron chi connectivity index (χ0n) is 13.9. The van der Waals surface area contributed by atoms with E-state index in [1.807, 2.05) is 0 Å². The summed E-state index contributed by atoms with van der Waals surface area (Å²) in [5, 5.41) is 10.1. The number of carbonyl (C=O) groups excluding carboxylic acids is 1. The average Bonchev–Trinajstić information content (AvgIpc) is 2.56. The quantitative estimate of drug-likeness (QED) is 0.805. The third kappa shape index (κ3) is 5.51. The van der Waals surface area contributed by atoms with Crippen LogP contribution in [0, 0.1) is 11.6 Å². The molecule has 1 aromatic carbocycles. The summed E-state index contributed by atoms with van der Waals surface area (Å²) >= 11 is 0. The number of nitrogens with zero attached hydrogens (tertiary/aromatic N) is 2. The molecule has 1 saturated heterocycles. The van der Waals surface area contributed by atoms with Crippen molar-refractivity contribution in [2.45, 2.75) is 18.9 Å². The monoisotopic (exact) mass is 342 g/mol. The third-order valence-electron chi connectivity index (χ3n) is 4.12. The molecule has 1 aliphatic rings. The van der Waals surface area contributed by atoms with E-state index >= 15 is 0 Å². The minimum absolute atomic E-state index is 0.0706. The van der Waals surface area contributed by atoms with Crippen molar-refractivity contribution in [3.63, 3.8) is 0 Å². The predicted molar refractivity (Wildman–Crippen MR) is 85.6 cm³/mol. The molecule has 0 radical (unpaired) electrons. The Morgan fingerprint density at radius 1 is 1.38 bits per heavy atom. The minimum Gasteiger partial charge on any atom is -0.390 e. The molecule has 1 heterocycles. The molecule has 1 unspecified atom stereocenters. The molecule has 5 nitrogen and oxygen atoms in total. The van der Waals surface area contributed by atoms with Gasteiger partial charge in [-0.3, -0.25) is 9.69 Å². The molecule has 1 aliphatic heterocycles. The maximum absolute atomic E-state index is 13.6. The van der Waals surface area contributed by atoms with Crippen molar-refractivity contribution >= 4 is 5.91 Å². The van der Waals surface area contributed by atoms with Crippen molar-refractivity contribution in [1.82, 2.24) is 9.80 Å². The van der Waals surface area contributed by atoms with Gasteiger partial charge in [-0.2, -0.15) is 0 Å². The lowest BCUT2D eigenvalue weighted by atomic mass is 10.1. The van der Waals surface area contributed by atoms with Crippen LogP contribution in [0.4, 0.5) is 8.78 Å². The lowest BCUT2D eigenvalue weighted by molar-refractivity contribution is -0.131. The second-order valence-electron chi connectivity index (χ2n) is 6.05. The maximum atomic E-state index is 13.6. The number of likely N-dealkylation sites (N-methyl/N-ethyl adjacent to an activating group) is 1. The molecule has 0 aromatic heterocycles. The molecule has 0 bridgehead atoms. The van der Waals surface area contributed by atoms with Gasteiger partial charge in [-0.05, 0) is 18.1 Å². The van der Waals surface area contributed by atoms with Crippen LogP contribution in [0.15, 0.2) is 18.2 Å². The van der Waals surface area contributed by atoms with Crippen molar-refractivity contribution in [2.24, 2.45) is 0 Å². The fourth-order valence-electron chi connectivity index (χ4n) is 2.73. The first-order chi connectivity index (χ1) is 11.5. The Hall–Kier alpha value is -1.57. The molecule has 2 rings (SSSR count). The van der Waals surface area contributed by atoms with Crippen molar-refractivity contribution in [1.29, 1.82) is 0 Å². The number of amides is 1. The summed E-state index contributed by atoms with van der Waals surface area (Å²) in [4.78, 5) is 15.6. The van der Waals surface area contributed by atoms with Gasteiger partial charge < -0.3 is 14.7 Å². The lowest BCUT2D eigenvalue weighted by Crippen LogP contribution is -2.45. The number of β-amino-alcohol motifs (C(OH)–C–C–N with tert-alkyl or cyclic N) is 1. The number of carbonyl (C=O) groups is 1. The van der Waals surface area contributed by atoms with E-state index in [0.717, 1.165) is 19.2 Å². The molecule has 0 spiro atoms. The molecule has 24 heavy (non-hydrogen) atoms. The molecule has 1 fully saturated rings. The average molecular weight is 342 g/mol. The molecule has 0 aliphatic carbocycles. The van der Waals surface area contributed by atoms with Gasteiger partial charge in [-0.25, -0.2) is 8.78 Å².